The van der Waals surface area contributed by atoms with Crippen LogP contribution in [0.5, 0.6) is 11.5 Å². The standard InChI is InChI=1S/C23H26N2O4S/c1-14-11-15(2)21-18(12-14)24-23(30-21)25(13-16-7-6-10-29-16)22(26)17-8-5-9-19(27-3)20(17)28-4/h5,8-9,11-12,16H,6-7,10,13H2,1-4H3. The quantitative estimate of drug-likeness (QED) is 0.569. The van der Waals surface area contributed by atoms with E-state index in [1.54, 1.807) is 37.3 Å². The number of carbonyl (C=O) groups excluding carboxylic acids is 1. The van der Waals surface area contributed by atoms with Crippen molar-refractivity contribution in [2.45, 2.75) is 32.8 Å². The van der Waals surface area contributed by atoms with Crippen molar-refractivity contribution >= 4 is 32.6 Å². The minimum atomic E-state index is -0.172. The molecule has 1 amide bonds. The second kappa shape index (κ2) is 8.62. The van der Waals surface area contributed by atoms with Gasteiger partial charge in [-0.05, 0) is 56.0 Å². The van der Waals surface area contributed by atoms with Crippen LogP contribution in [0.2, 0.25) is 0 Å². The number of benzene rings is 2. The molecule has 0 N–H and O–H groups in total. The molecule has 158 valence electrons. The van der Waals surface area contributed by atoms with Gasteiger partial charge in [0.05, 0.1) is 42.6 Å². The summed E-state index contributed by atoms with van der Waals surface area (Å²) < 4.78 is 17.8. The largest absolute Gasteiger partial charge is 0.493 e. The molecule has 1 aromatic heterocycles. The van der Waals surface area contributed by atoms with E-state index in [-0.39, 0.29) is 12.0 Å². The maximum Gasteiger partial charge on any atom is 0.264 e. The zero-order valence-electron chi connectivity index (χ0n) is 17.7. The van der Waals surface area contributed by atoms with E-state index in [9.17, 15) is 4.79 Å². The Bertz CT molecular complexity index is 1070. The number of para-hydroxylation sites is 1. The third-order valence-electron chi connectivity index (χ3n) is 5.33. The second-order valence-electron chi connectivity index (χ2n) is 7.52. The van der Waals surface area contributed by atoms with Crippen molar-refractivity contribution in [2.24, 2.45) is 0 Å². The monoisotopic (exact) mass is 426 g/mol. The molecule has 1 saturated heterocycles. The number of rotatable bonds is 6. The number of fused-ring (bicyclic) bond motifs is 1. The minimum Gasteiger partial charge on any atom is -0.493 e. The average molecular weight is 427 g/mol. The van der Waals surface area contributed by atoms with Crippen molar-refractivity contribution in [1.82, 2.24) is 4.98 Å². The molecule has 1 fully saturated rings. The first-order chi connectivity index (χ1) is 14.5. The lowest BCUT2D eigenvalue weighted by Crippen LogP contribution is -2.37. The number of methoxy groups -OCH3 is 2. The summed E-state index contributed by atoms with van der Waals surface area (Å²) in [6.45, 7) is 5.32. The Morgan fingerprint density at radius 1 is 1.27 bits per heavy atom. The van der Waals surface area contributed by atoms with Gasteiger partial charge in [-0.1, -0.05) is 23.5 Å². The summed E-state index contributed by atoms with van der Waals surface area (Å²) in [6, 6.07) is 9.54. The van der Waals surface area contributed by atoms with Crippen LogP contribution in [0.4, 0.5) is 5.13 Å². The SMILES string of the molecule is COc1cccc(C(=O)N(CC2CCCO2)c2nc3cc(C)cc(C)c3s2)c1OC. The van der Waals surface area contributed by atoms with Gasteiger partial charge in [-0.25, -0.2) is 4.98 Å². The van der Waals surface area contributed by atoms with Crippen LogP contribution < -0.4 is 14.4 Å². The first kappa shape index (κ1) is 20.6. The number of thiazole rings is 1. The Morgan fingerprint density at radius 2 is 2.10 bits per heavy atom. The van der Waals surface area contributed by atoms with Crippen LogP contribution >= 0.6 is 11.3 Å². The van der Waals surface area contributed by atoms with E-state index in [0.717, 1.165) is 40.8 Å². The predicted octanol–water partition coefficient (Wildman–Crippen LogP) is 4.76. The normalized spacial score (nSPS) is 16.1. The zero-order chi connectivity index (χ0) is 21.3. The van der Waals surface area contributed by atoms with E-state index in [2.05, 4.69) is 26.0 Å². The maximum absolute atomic E-state index is 13.7. The van der Waals surface area contributed by atoms with E-state index >= 15 is 0 Å². The first-order valence-corrected chi connectivity index (χ1v) is 10.9. The summed E-state index contributed by atoms with van der Waals surface area (Å²) in [4.78, 5) is 20.3. The van der Waals surface area contributed by atoms with Crippen molar-refractivity contribution < 1.29 is 19.0 Å². The summed E-state index contributed by atoms with van der Waals surface area (Å²) in [6.07, 6.45) is 1.94. The molecule has 0 bridgehead atoms. The molecule has 1 atom stereocenters. The molecule has 1 aliphatic rings. The summed E-state index contributed by atoms with van der Waals surface area (Å²) in [7, 11) is 3.11. The molecular formula is C23H26N2O4S. The Hall–Kier alpha value is -2.64. The van der Waals surface area contributed by atoms with E-state index in [1.165, 1.54) is 11.3 Å². The van der Waals surface area contributed by atoms with Gasteiger partial charge in [-0.2, -0.15) is 0 Å². The fourth-order valence-corrected chi connectivity index (χ4v) is 4.94. The predicted molar refractivity (Wildman–Crippen MR) is 119 cm³/mol. The van der Waals surface area contributed by atoms with Crippen molar-refractivity contribution in [3.63, 3.8) is 0 Å². The minimum absolute atomic E-state index is 0.000369. The number of aromatic nitrogens is 1. The summed E-state index contributed by atoms with van der Waals surface area (Å²) >= 11 is 1.54. The van der Waals surface area contributed by atoms with Gasteiger partial charge < -0.3 is 14.2 Å². The van der Waals surface area contributed by atoms with Gasteiger partial charge in [0.15, 0.2) is 16.6 Å². The smallest absolute Gasteiger partial charge is 0.264 e. The van der Waals surface area contributed by atoms with Crippen LogP contribution in [-0.4, -0.2) is 44.4 Å². The van der Waals surface area contributed by atoms with Gasteiger partial charge in [0.1, 0.15) is 0 Å². The molecule has 1 unspecified atom stereocenters. The van der Waals surface area contributed by atoms with Crippen LogP contribution in [0.15, 0.2) is 30.3 Å². The van der Waals surface area contributed by atoms with Crippen molar-refractivity contribution in [3.8, 4) is 11.5 Å². The first-order valence-electron chi connectivity index (χ1n) is 10.0. The Morgan fingerprint density at radius 3 is 2.80 bits per heavy atom. The summed E-state index contributed by atoms with van der Waals surface area (Å²) in [5.74, 6) is 0.779. The van der Waals surface area contributed by atoms with E-state index in [1.807, 2.05) is 0 Å². The van der Waals surface area contributed by atoms with E-state index in [4.69, 9.17) is 19.2 Å². The Balaban J connectivity index is 1.79. The molecule has 3 aromatic rings. The summed E-state index contributed by atoms with van der Waals surface area (Å²) in [5, 5.41) is 0.670. The molecule has 0 aliphatic carbocycles. The van der Waals surface area contributed by atoms with Crippen LogP contribution in [0.25, 0.3) is 10.2 Å². The van der Waals surface area contributed by atoms with Gasteiger partial charge in [-0.3, -0.25) is 9.69 Å². The highest BCUT2D eigenvalue weighted by atomic mass is 32.1. The maximum atomic E-state index is 13.7. The fraction of sp³-hybridized carbons (Fsp3) is 0.391. The molecular weight excluding hydrogens is 400 g/mol. The van der Waals surface area contributed by atoms with Crippen molar-refractivity contribution in [2.75, 3.05) is 32.3 Å². The molecule has 2 heterocycles. The van der Waals surface area contributed by atoms with Gasteiger partial charge in [-0.15, -0.1) is 0 Å². The van der Waals surface area contributed by atoms with Crippen LogP contribution in [0, 0.1) is 13.8 Å². The summed E-state index contributed by atoms with van der Waals surface area (Å²) in [5.41, 5.74) is 3.68. The molecule has 0 radical (unpaired) electrons. The van der Waals surface area contributed by atoms with Gasteiger partial charge in [0.25, 0.3) is 5.91 Å². The van der Waals surface area contributed by atoms with E-state index in [0.29, 0.717) is 28.7 Å². The second-order valence-corrected chi connectivity index (χ2v) is 8.50. The number of amides is 1. The molecule has 1 aliphatic heterocycles. The number of nitrogens with zero attached hydrogens (tertiary/aromatic N) is 2. The number of carbonyl (C=O) groups is 1. The van der Waals surface area contributed by atoms with Crippen LogP contribution in [0.3, 0.4) is 0 Å². The van der Waals surface area contributed by atoms with E-state index < -0.39 is 0 Å². The van der Waals surface area contributed by atoms with Crippen molar-refractivity contribution in [3.05, 3.63) is 47.0 Å². The number of anilines is 1. The molecule has 0 saturated carbocycles. The Labute approximate surface area is 180 Å². The lowest BCUT2D eigenvalue weighted by Gasteiger charge is -2.24. The number of ether oxygens (including phenoxy) is 3. The number of aryl methyl sites for hydroxylation is 2. The number of hydrogen-bond acceptors (Lipinski definition) is 6. The Kier molecular flexibility index (Phi) is 5.92. The fourth-order valence-electron chi connectivity index (χ4n) is 3.92. The molecule has 30 heavy (non-hydrogen) atoms. The van der Waals surface area contributed by atoms with Crippen molar-refractivity contribution in [1.29, 1.82) is 0 Å². The molecule has 2 aromatic carbocycles. The lowest BCUT2D eigenvalue weighted by atomic mass is 10.1. The topological polar surface area (TPSA) is 60.9 Å². The molecule has 6 nitrogen and oxygen atoms in total. The highest BCUT2D eigenvalue weighted by Gasteiger charge is 2.29. The molecule has 4 rings (SSSR count). The highest BCUT2D eigenvalue weighted by Crippen LogP contribution is 2.36. The third-order valence-corrected chi connectivity index (χ3v) is 6.56. The molecule has 0 spiro atoms. The third kappa shape index (κ3) is 3.87. The highest BCUT2D eigenvalue weighted by molar-refractivity contribution is 7.22. The zero-order valence-corrected chi connectivity index (χ0v) is 18.5. The van der Waals surface area contributed by atoms with Gasteiger partial charge in [0, 0.05) is 6.61 Å². The van der Waals surface area contributed by atoms with Crippen LogP contribution in [0.1, 0.15) is 34.3 Å². The van der Waals surface area contributed by atoms with Gasteiger partial charge in [0.2, 0.25) is 0 Å². The van der Waals surface area contributed by atoms with Crippen LogP contribution in [-0.2, 0) is 4.74 Å². The van der Waals surface area contributed by atoms with Gasteiger partial charge >= 0.3 is 0 Å². The lowest BCUT2D eigenvalue weighted by molar-refractivity contribution is 0.0914. The average Bonchev–Trinajstić information content (AvgIpc) is 3.40. The number of hydrogen-bond donors (Lipinski definition) is 0. The molecule has 7 heteroatoms.